The number of carbonyl (C=O) groups is 2. The predicted molar refractivity (Wildman–Crippen MR) is 114 cm³/mol. The molecule has 0 radical (unpaired) electrons. The van der Waals surface area contributed by atoms with Crippen molar-refractivity contribution in [2.45, 2.75) is 44.4 Å². The van der Waals surface area contributed by atoms with Crippen molar-refractivity contribution in [3.8, 4) is 11.8 Å². The van der Waals surface area contributed by atoms with Crippen LogP contribution < -0.4 is 21.8 Å². The van der Waals surface area contributed by atoms with Gasteiger partial charge in [0.25, 0.3) is 11.8 Å². The van der Waals surface area contributed by atoms with Gasteiger partial charge in [0.2, 0.25) is 0 Å². The van der Waals surface area contributed by atoms with Gasteiger partial charge in [0.15, 0.2) is 0 Å². The quantitative estimate of drug-likeness (QED) is 0.270. The molecule has 156 valence electrons. The van der Waals surface area contributed by atoms with Gasteiger partial charge in [-0.3, -0.25) is 14.8 Å². The van der Waals surface area contributed by atoms with Gasteiger partial charge in [0.05, 0.1) is 0 Å². The smallest absolute Gasteiger partial charge is 0.267 e. The van der Waals surface area contributed by atoms with Crippen LogP contribution in [0.4, 0.5) is 0 Å². The van der Waals surface area contributed by atoms with Crippen LogP contribution >= 0.6 is 0 Å². The third-order valence-electron chi connectivity index (χ3n) is 4.83. The summed E-state index contributed by atoms with van der Waals surface area (Å²) in [6.45, 7) is 2.45. The first kappa shape index (κ1) is 21.5. The zero-order chi connectivity index (χ0) is 21.5. The van der Waals surface area contributed by atoms with Gasteiger partial charge in [-0.1, -0.05) is 24.0 Å². The van der Waals surface area contributed by atoms with Crippen molar-refractivity contribution < 1.29 is 14.8 Å². The van der Waals surface area contributed by atoms with Crippen LogP contribution in [0, 0.1) is 11.8 Å². The lowest BCUT2D eigenvalue weighted by Gasteiger charge is -2.20. The zero-order valence-corrected chi connectivity index (χ0v) is 16.8. The maximum atomic E-state index is 12.3. The number of carbonyl (C=O) groups excluding carboxylic acids is 2. The van der Waals surface area contributed by atoms with Gasteiger partial charge in [-0.25, -0.2) is 5.48 Å². The Balaban J connectivity index is 1.59. The Kier molecular flexibility index (Phi) is 7.20. The van der Waals surface area contributed by atoms with Crippen molar-refractivity contribution >= 4 is 11.8 Å². The van der Waals surface area contributed by atoms with E-state index in [1.165, 1.54) is 23.9 Å². The molecule has 3 rings (SSSR count). The fraction of sp³-hybridized carbons (Fsp3) is 0.304. The highest BCUT2D eigenvalue weighted by molar-refractivity contribution is 5.97. The van der Waals surface area contributed by atoms with Gasteiger partial charge < -0.3 is 16.4 Å². The van der Waals surface area contributed by atoms with E-state index in [1.807, 2.05) is 12.1 Å². The molecule has 2 aromatic carbocycles. The first-order valence-corrected chi connectivity index (χ1v) is 9.91. The van der Waals surface area contributed by atoms with Crippen LogP contribution in [0.1, 0.15) is 46.8 Å². The summed E-state index contributed by atoms with van der Waals surface area (Å²) in [5, 5.41) is 14.8. The molecule has 1 fully saturated rings. The lowest BCUT2D eigenvalue weighted by Crippen LogP contribution is -2.54. The largest absolute Gasteiger partial charge is 0.339 e. The predicted octanol–water partition coefficient (Wildman–Crippen LogP) is 1.29. The molecule has 6 N–H and O–H groups in total. The molecule has 2 amide bonds. The molecule has 0 heterocycles. The summed E-state index contributed by atoms with van der Waals surface area (Å²) in [7, 11) is 0. The number of hydrogen-bond acceptors (Lipinski definition) is 5. The van der Waals surface area contributed by atoms with E-state index in [4.69, 9.17) is 10.9 Å². The van der Waals surface area contributed by atoms with E-state index in [0.717, 1.165) is 17.7 Å². The van der Waals surface area contributed by atoms with Crippen LogP contribution in [-0.4, -0.2) is 35.1 Å². The Hall–Kier alpha value is -3.18. The standard InChI is InChI=1S/C23H26N4O3/c1-15(24)21(23(29)27-30)26-22(28)19-10-8-17(9-11-19)3-2-16-4-6-18(7-5-16)14-25-20-12-13-20/h4-11,15,20-21,25,30H,12-14,24H2,1H3,(H,26,28)(H,27,29)/t15-,21?/m0/s1. The van der Waals surface area contributed by atoms with E-state index >= 15 is 0 Å². The number of hydrogen-bond donors (Lipinski definition) is 5. The average Bonchev–Trinajstić information content (AvgIpc) is 3.59. The average molecular weight is 406 g/mol. The molecule has 0 saturated heterocycles. The summed E-state index contributed by atoms with van der Waals surface area (Å²) < 4.78 is 0. The Labute approximate surface area is 176 Å². The summed E-state index contributed by atoms with van der Waals surface area (Å²) in [5.74, 6) is 4.96. The molecule has 1 unspecified atom stereocenters. The van der Waals surface area contributed by atoms with Crippen molar-refractivity contribution in [1.82, 2.24) is 16.1 Å². The molecule has 1 aliphatic carbocycles. The molecular weight excluding hydrogens is 380 g/mol. The minimum atomic E-state index is -1.04. The van der Waals surface area contributed by atoms with Crippen molar-refractivity contribution in [1.29, 1.82) is 0 Å². The molecule has 0 aromatic heterocycles. The van der Waals surface area contributed by atoms with E-state index < -0.39 is 23.9 Å². The first-order chi connectivity index (χ1) is 14.5. The number of amides is 2. The van der Waals surface area contributed by atoms with Crippen molar-refractivity contribution in [3.05, 3.63) is 70.8 Å². The molecule has 2 atom stereocenters. The number of benzene rings is 2. The number of nitrogens with two attached hydrogens (primary N) is 1. The summed E-state index contributed by atoms with van der Waals surface area (Å²) >= 11 is 0. The fourth-order valence-corrected chi connectivity index (χ4v) is 2.83. The van der Waals surface area contributed by atoms with E-state index in [9.17, 15) is 9.59 Å². The molecule has 1 aliphatic rings. The normalized spacial score (nSPS) is 14.8. The summed E-state index contributed by atoms with van der Waals surface area (Å²) in [6, 6.07) is 13.9. The summed E-state index contributed by atoms with van der Waals surface area (Å²) in [5.41, 5.74) is 10.5. The second-order valence-corrected chi connectivity index (χ2v) is 7.47. The molecule has 0 spiro atoms. The molecule has 1 saturated carbocycles. The Bertz CT molecular complexity index is 939. The molecule has 30 heavy (non-hydrogen) atoms. The lowest BCUT2D eigenvalue weighted by molar-refractivity contribution is -0.131. The van der Waals surface area contributed by atoms with Gasteiger partial charge in [0.1, 0.15) is 6.04 Å². The van der Waals surface area contributed by atoms with Gasteiger partial charge in [-0.15, -0.1) is 0 Å². The number of rotatable bonds is 7. The fourth-order valence-electron chi connectivity index (χ4n) is 2.83. The second kappa shape index (κ2) is 10.0. The van der Waals surface area contributed by atoms with E-state index in [-0.39, 0.29) is 0 Å². The monoisotopic (exact) mass is 406 g/mol. The first-order valence-electron chi connectivity index (χ1n) is 9.91. The molecule has 7 heteroatoms. The third kappa shape index (κ3) is 6.16. The maximum absolute atomic E-state index is 12.3. The van der Waals surface area contributed by atoms with Crippen LogP contribution in [0.2, 0.25) is 0 Å². The van der Waals surface area contributed by atoms with E-state index in [1.54, 1.807) is 31.2 Å². The highest BCUT2D eigenvalue weighted by atomic mass is 16.5. The minimum Gasteiger partial charge on any atom is -0.339 e. The van der Waals surface area contributed by atoms with Crippen molar-refractivity contribution in [2.24, 2.45) is 5.73 Å². The second-order valence-electron chi connectivity index (χ2n) is 7.47. The Morgan fingerprint density at radius 2 is 1.63 bits per heavy atom. The van der Waals surface area contributed by atoms with Crippen molar-refractivity contribution in [3.63, 3.8) is 0 Å². The van der Waals surface area contributed by atoms with Crippen LogP contribution in [0.5, 0.6) is 0 Å². The van der Waals surface area contributed by atoms with Gasteiger partial charge in [-0.2, -0.15) is 0 Å². The van der Waals surface area contributed by atoms with Gasteiger partial charge in [-0.05, 0) is 61.7 Å². The van der Waals surface area contributed by atoms with E-state index in [0.29, 0.717) is 11.6 Å². The molecular formula is C23H26N4O3. The minimum absolute atomic E-state index is 0.365. The van der Waals surface area contributed by atoms with Crippen LogP contribution in [0.15, 0.2) is 48.5 Å². The van der Waals surface area contributed by atoms with Crippen LogP contribution in [-0.2, 0) is 11.3 Å². The Morgan fingerprint density at radius 1 is 1.07 bits per heavy atom. The zero-order valence-electron chi connectivity index (χ0n) is 16.8. The van der Waals surface area contributed by atoms with Crippen LogP contribution in [0.25, 0.3) is 0 Å². The topological polar surface area (TPSA) is 116 Å². The highest BCUT2D eigenvalue weighted by Gasteiger charge is 2.24. The third-order valence-corrected chi connectivity index (χ3v) is 4.83. The molecule has 0 bridgehead atoms. The van der Waals surface area contributed by atoms with E-state index in [2.05, 4.69) is 34.6 Å². The molecule has 2 aromatic rings. The number of nitrogens with one attached hydrogen (secondary N) is 3. The molecule has 7 nitrogen and oxygen atoms in total. The van der Waals surface area contributed by atoms with Gasteiger partial charge in [0, 0.05) is 35.3 Å². The molecule has 0 aliphatic heterocycles. The maximum Gasteiger partial charge on any atom is 0.267 e. The lowest BCUT2D eigenvalue weighted by atomic mass is 10.1. The van der Waals surface area contributed by atoms with Crippen LogP contribution in [0.3, 0.4) is 0 Å². The summed E-state index contributed by atoms with van der Waals surface area (Å²) in [4.78, 5) is 23.9. The Morgan fingerprint density at radius 3 is 2.13 bits per heavy atom. The van der Waals surface area contributed by atoms with Crippen molar-refractivity contribution in [2.75, 3.05) is 0 Å². The number of hydroxylamine groups is 1. The highest BCUT2D eigenvalue weighted by Crippen LogP contribution is 2.19. The summed E-state index contributed by atoms with van der Waals surface area (Å²) in [6.07, 6.45) is 2.55. The SMILES string of the molecule is C[C@H](N)C(NC(=O)c1ccc(C#Cc2ccc(CNC3CC3)cc2)cc1)C(=O)NO. The van der Waals surface area contributed by atoms with Gasteiger partial charge >= 0.3 is 0 Å².